The molecular weight excluding hydrogens is 511 g/mol. The lowest BCUT2D eigenvalue weighted by Crippen LogP contribution is -2.33. The number of nitrogens with zero attached hydrogens (tertiary/aromatic N) is 1. The van der Waals surface area contributed by atoms with Gasteiger partial charge in [0.15, 0.2) is 5.75 Å². The smallest absolute Gasteiger partial charge is 0.497 e. The molecule has 37 heavy (non-hydrogen) atoms. The summed E-state index contributed by atoms with van der Waals surface area (Å²) < 4.78 is 77.7. The molecular formula is C26H24F3NO6S. The van der Waals surface area contributed by atoms with Gasteiger partial charge in [0, 0.05) is 12.7 Å². The molecule has 0 N–H and O–H groups in total. The third-order valence-electron chi connectivity index (χ3n) is 5.13. The molecule has 3 aromatic carbocycles. The summed E-state index contributed by atoms with van der Waals surface area (Å²) in [6, 6.07) is 20.5. The summed E-state index contributed by atoms with van der Waals surface area (Å²) >= 11 is 0. The molecule has 0 bridgehead atoms. The summed E-state index contributed by atoms with van der Waals surface area (Å²) in [5.41, 5.74) is -4.57. The van der Waals surface area contributed by atoms with Crippen LogP contribution in [0.1, 0.15) is 11.1 Å². The van der Waals surface area contributed by atoms with E-state index < -0.39 is 27.3 Å². The van der Waals surface area contributed by atoms with E-state index in [1.54, 1.807) is 54.6 Å². The highest BCUT2D eigenvalue weighted by atomic mass is 32.2. The second-order valence-corrected chi connectivity index (χ2v) is 9.17. The predicted octanol–water partition coefficient (Wildman–Crippen LogP) is 5.19. The molecule has 0 aliphatic heterocycles. The fourth-order valence-corrected chi connectivity index (χ4v) is 3.85. The fourth-order valence-electron chi connectivity index (χ4n) is 3.38. The van der Waals surface area contributed by atoms with Gasteiger partial charge >= 0.3 is 15.6 Å². The van der Waals surface area contributed by atoms with Gasteiger partial charge in [-0.15, -0.1) is 0 Å². The number of hydrogen-bond acceptors (Lipinski definition) is 6. The minimum atomic E-state index is -5.99. The molecule has 3 aromatic rings. The van der Waals surface area contributed by atoms with Gasteiger partial charge in [-0.2, -0.15) is 21.6 Å². The van der Waals surface area contributed by atoms with Crippen LogP contribution in [-0.2, 0) is 26.2 Å². The van der Waals surface area contributed by atoms with Crippen molar-refractivity contribution < 1.29 is 40.0 Å². The molecule has 196 valence electrons. The van der Waals surface area contributed by atoms with E-state index in [4.69, 9.17) is 9.47 Å². The standard InChI is InChI=1S/C26H24F3NO6S/c1-34-16-15-22(20-11-8-12-21(17-20)35-2)25(31)30(18-19-9-4-3-5-10-19)23-13-6-7-14-24(23)36-37(32,33)26(27,28)29/h3-15,17H,16,18H2,1-2H3/b22-15-. The Balaban J connectivity index is 2.16. The van der Waals surface area contributed by atoms with Gasteiger partial charge in [-0.3, -0.25) is 4.79 Å². The monoisotopic (exact) mass is 535 g/mol. The number of ether oxygens (including phenoxy) is 2. The van der Waals surface area contributed by atoms with Gasteiger partial charge in [-0.25, -0.2) is 0 Å². The van der Waals surface area contributed by atoms with Crippen molar-refractivity contribution in [2.24, 2.45) is 0 Å². The minimum Gasteiger partial charge on any atom is -0.497 e. The molecule has 0 heterocycles. The number of anilines is 1. The van der Waals surface area contributed by atoms with E-state index in [0.717, 1.165) is 11.0 Å². The van der Waals surface area contributed by atoms with E-state index in [2.05, 4.69) is 4.18 Å². The van der Waals surface area contributed by atoms with Crippen molar-refractivity contribution >= 4 is 27.3 Å². The number of methoxy groups -OCH3 is 2. The van der Waals surface area contributed by atoms with E-state index >= 15 is 0 Å². The third-order valence-corrected chi connectivity index (χ3v) is 6.10. The SMILES string of the molecule is COC/C=C(\C(=O)N(Cc1ccccc1)c1ccccc1OS(=O)(=O)C(F)(F)F)c1cccc(OC)c1. The lowest BCUT2D eigenvalue weighted by atomic mass is 10.0. The first-order valence-electron chi connectivity index (χ1n) is 10.9. The summed E-state index contributed by atoms with van der Waals surface area (Å²) in [4.78, 5) is 15.2. The summed E-state index contributed by atoms with van der Waals surface area (Å²) in [5, 5.41) is 0. The highest BCUT2D eigenvalue weighted by Gasteiger charge is 2.49. The molecule has 0 aliphatic carbocycles. The van der Waals surface area contributed by atoms with Crippen molar-refractivity contribution in [2.75, 3.05) is 25.7 Å². The highest BCUT2D eigenvalue weighted by Crippen LogP contribution is 2.36. The van der Waals surface area contributed by atoms with Crippen molar-refractivity contribution in [1.29, 1.82) is 0 Å². The van der Waals surface area contributed by atoms with Crippen molar-refractivity contribution in [3.8, 4) is 11.5 Å². The number of amides is 1. The summed E-state index contributed by atoms with van der Waals surface area (Å²) in [5.74, 6) is -0.807. The summed E-state index contributed by atoms with van der Waals surface area (Å²) in [7, 11) is -3.08. The van der Waals surface area contributed by atoms with Crippen LogP contribution in [0.3, 0.4) is 0 Å². The maximum atomic E-state index is 14.0. The Hall–Kier alpha value is -3.83. The maximum Gasteiger partial charge on any atom is 0.534 e. The third kappa shape index (κ3) is 6.89. The van der Waals surface area contributed by atoms with Crippen LogP contribution in [0.25, 0.3) is 5.57 Å². The van der Waals surface area contributed by atoms with Crippen LogP contribution in [-0.4, -0.2) is 40.7 Å². The maximum absolute atomic E-state index is 14.0. The van der Waals surface area contributed by atoms with Crippen LogP contribution in [0.5, 0.6) is 11.5 Å². The van der Waals surface area contributed by atoms with Gasteiger partial charge in [0.25, 0.3) is 5.91 Å². The average Bonchev–Trinajstić information content (AvgIpc) is 2.88. The van der Waals surface area contributed by atoms with Gasteiger partial charge in [0.2, 0.25) is 0 Å². The van der Waals surface area contributed by atoms with Gasteiger partial charge < -0.3 is 18.6 Å². The molecule has 7 nitrogen and oxygen atoms in total. The van der Waals surface area contributed by atoms with Crippen molar-refractivity contribution in [3.05, 3.63) is 96.1 Å². The molecule has 0 spiro atoms. The number of hydrogen-bond donors (Lipinski definition) is 0. The number of halogens is 3. The normalized spacial score (nSPS) is 12.2. The molecule has 0 atom stereocenters. The fraction of sp³-hybridized carbons (Fsp3) is 0.192. The van der Waals surface area contributed by atoms with Crippen molar-refractivity contribution in [1.82, 2.24) is 0 Å². The van der Waals surface area contributed by atoms with Gasteiger partial charge in [0.05, 0.1) is 25.9 Å². The lowest BCUT2D eigenvalue weighted by molar-refractivity contribution is -0.113. The first kappa shape index (κ1) is 27.8. The molecule has 0 radical (unpaired) electrons. The molecule has 0 aliphatic rings. The van der Waals surface area contributed by atoms with E-state index in [0.29, 0.717) is 16.9 Å². The van der Waals surface area contributed by atoms with Gasteiger partial charge in [0.1, 0.15) is 5.75 Å². The number of alkyl halides is 3. The summed E-state index contributed by atoms with van der Waals surface area (Å²) in [6.45, 7) is -0.0432. The molecule has 0 fully saturated rings. The van der Waals surface area contributed by atoms with E-state index in [9.17, 15) is 26.4 Å². The molecule has 0 aromatic heterocycles. The van der Waals surface area contributed by atoms with E-state index in [1.165, 1.54) is 38.5 Å². The van der Waals surface area contributed by atoms with E-state index in [-0.39, 0.29) is 24.4 Å². The van der Waals surface area contributed by atoms with Crippen molar-refractivity contribution in [3.63, 3.8) is 0 Å². The number of carbonyl (C=O) groups excluding carboxylic acids is 1. The van der Waals surface area contributed by atoms with Crippen molar-refractivity contribution in [2.45, 2.75) is 12.1 Å². The topological polar surface area (TPSA) is 82.1 Å². The van der Waals surface area contributed by atoms with Crippen LogP contribution in [0.2, 0.25) is 0 Å². The second-order valence-electron chi connectivity index (χ2n) is 7.63. The first-order chi connectivity index (χ1) is 17.6. The molecule has 11 heteroatoms. The lowest BCUT2D eigenvalue weighted by Gasteiger charge is -2.26. The Morgan fingerprint density at radius 2 is 1.62 bits per heavy atom. The Morgan fingerprint density at radius 3 is 2.27 bits per heavy atom. The molecule has 0 saturated heterocycles. The zero-order valence-electron chi connectivity index (χ0n) is 19.9. The largest absolute Gasteiger partial charge is 0.534 e. The van der Waals surface area contributed by atoms with Crippen LogP contribution < -0.4 is 13.8 Å². The number of rotatable bonds is 10. The number of para-hydroxylation sites is 2. The zero-order chi connectivity index (χ0) is 27.1. The minimum absolute atomic E-state index is 0.0536. The highest BCUT2D eigenvalue weighted by molar-refractivity contribution is 7.88. The molecule has 3 rings (SSSR count). The quantitative estimate of drug-likeness (QED) is 0.202. The van der Waals surface area contributed by atoms with Crippen LogP contribution in [0, 0.1) is 0 Å². The Bertz CT molecular complexity index is 1360. The van der Waals surface area contributed by atoms with Crippen LogP contribution >= 0.6 is 0 Å². The van der Waals surface area contributed by atoms with Gasteiger partial charge in [-0.1, -0.05) is 54.6 Å². The summed E-state index contributed by atoms with van der Waals surface area (Å²) in [6.07, 6.45) is 1.52. The van der Waals surface area contributed by atoms with Gasteiger partial charge in [-0.05, 0) is 41.5 Å². The zero-order valence-corrected chi connectivity index (χ0v) is 20.8. The predicted molar refractivity (Wildman–Crippen MR) is 133 cm³/mol. The Kier molecular flexibility index (Phi) is 8.95. The Morgan fingerprint density at radius 1 is 0.946 bits per heavy atom. The van der Waals surface area contributed by atoms with Crippen LogP contribution in [0.4, 0.5) is 18.9 Å². The van der Waals surface area contributed by atoms with Crippen LogP contribution in [0.15, 0.2) is 84.9 Å². The Labute approximate surface area is 212 Å². The first-order valence-corrected chi connectivity index (χ1v) is 12.3. The molecule has 0 saturated carbocycles. The second kappa shape index (κ2) is 11.9. The van der Waals surface area contributed by atoms with E-state index in [1.807, 2.05) is 0 Å². The number of carbonyl (C=O) groups is 1. The molecule has 0 unspecified atom stereocenters. The average molecular weight is 536 g/mol. The number of benzene rings is 3. The molecule has 1 amide bonds.